The van der Waals surface area contributed by atoms with Crippen molar-refractivity contribution in [3.05, 3.63) is 109 Å². The Bertz CT molecular complexity index is 1090. The lowest BCUT2D eigenvalue weighted by atomic mass is 9.96. The Labute approximate surface area is 227 Å². The highest BCUT2D eigenvalue weighted by atomic mass is 16.5. The summed E-state index contributed by atoms with van der Waals surface area (Å²) in [6.07, 6.45) is 10.4. The fourth-order valence-corrected chi connectivity index (χ4v) is 4.29. The zero-order valence-electron chi connectivity index (χ0n) is 22.2. The summed E-state index contributed by atoms with van der Waals surface area (Å²) in [4.78, 5) is 22.1. The molecule has 0 radical (unpaired) electrons. The summed E-state index contributed by atoms with van der Waals surface area (Å²) in [6, 6.07) is 26.3. The lowest BCUT2D eigenvalue weighted by Gasteiger charge is -2.09. The van der Waals surface area contributed by atoms with E-state index in [2.05, 4.69) is 86.0 Å². The van der Waals surface area contributed by atoms with Crippen molar-refractivity contribution in [2.24, 2.45) is 0 Å². The molecule has 0 aliphatic carbocycles. The molecule has 38 heavy (non-hydrogen) atoms. The molecule has 0 saturated heterocycles. The predicted molar refractivity (Wildman–Crippen MR) is 155 cm³/mol. The number of esters is 2. The van der Waals surface area contributed by atoms with Crippen molar-refractivity contribution in [3.63, 3.8) is 0 Å². The Morgan fingerprint density at radius 3 is 1.37 bits per heavy atom. The van der Waals surface area contributed by atoms with Crippen LogP contribution in [0.2, 0.25) is 0 Å². The third kappa shape index (κ3) is 9.85. The molecule has 0 bridgehead atoms. The van der Waals surface area contributed by atoms with E-state index < -0.39 is 0 Å². The summed E-state index contributed by atoms with van der Waals surface area (Å²) >= 11 is 0. The van der Waals surface area contributed by atoms with Crippen molar-refractivity contribution in [2.45, 2.75) is 51.4 Å². The van der Waals surface area contributed by atoms with Gasteiger partial charge in [0, 0.05) is 12.2 Å². The summed E-state index contributed by atoms with van der Waals surface area (Å²) in [7, 11) is 0. The highest BCUT2D eigenvalue weighted by molar-refractivity contribution is 5.81. The number of carbonyl (C=O) groups is 2. The van der Waals surface area contributed by atoms with Crippen LogP contribution in [0.15, 0.2) is 98.1 Å². The Morgan fingerprint density at radius 2 is 0.974 bits per heavy atom. The Kier molecular flexibility index (Phi) is 12.1. The van der Waals surface area contributed by atoms with Crippen LogP contribution in [-0.4, -0.2) is 25.2 Å². The molecule has 0 aliphatic heterocycles. The van der Waals surface area contributed by atoms with Gasteiger partial charge < -0.3 is 9.47 Å². The van der Waals surface area contributed by atoms with Gasteiger partial charge >= 0.3 is 11.9 Å². The average Bonchev–Trinajstić information content (AvgIpc) is 2.97. The van der Waals surface area contributed by atoms with Crippen molar-refractivity contribution >= 4 is 11.9 Å². The largest absolute Gasteiger partial charge is 0.463 e. The average molecular weight is 511 g/mol. The smallest absolute Gasteiger partial charge is 0.330 e. The maximum Gasteiger partial charge on any atom is 0.330 e. The normalized spacial score (nSPS) is 10.5. The SMILES string of the molecule is C=CC(=O)OCCCCCc1ccc(-c2cccc(-c3ccc(CCCCCOC(=O)C=C)cc3)c2)cc1. The molecule has 0 aromatic heterocycles. The molecule has 4 heteroatoms. The molecule has 0 aliphatic rings. The van der Waals surface area contributed by atoms with E-state index in [4.69, 9.17) is 9.47 Å². The highest BCUT2D eigenvalue weighted by Crippen LogP contribution is 2.27. The van der Waals surface area contributed by atoms with Gasteiger partial charge in [0.05, 0.1) is 13.2 Å². The van der Waals surface area contributed by atoms with Crippen LogP contribution in [0.25, 0.3) is 22.3 Å². The fraction of sp³-hybridized carbons (Fsp3) is 0.294. The third-order valence-electron chi connectivity index (χ3n) is 6.48. The lowest BCUT2D eigenvalue weighted by Crippen LogP contribution is -2.01. The van der Waals surface area contributed by atoms with Gasteiger partial charge in [-0.3, -0.25) is 0 Å². The van der Waals surface area contributed by atoms with E-state index in [1.165, 1.54) is 45.5 Å². The summed E-state index contributed by atoms with van der Waals surface area (Å²) in [5, 5.41) is 0. The Balaban J connectivity index is 1.46. The number of rotatable bonds is 16. The first-order valence-electron chi connectivity index (χ1n) is 13.5. The maximum absolute atomic E-state index is 11.1. The van der Waals surface area contributed by atoms with Gasteiger partial charge in [0.1, 0.15) is 0 Å². The Morgan fingerprint density at radius 1 is 0.553 bits per heavy atom. The highest BCUT2D eigenvalue weighted by Gasteiger charge is 2.04. The number of carbonyl (C=O) groups excluding carboxylic acids is 2. The van der Waals surface area contributed by atoms with Crippen LogP contribution in [0.3, 0.4) is 0 Å². The van der Waals surface area contributed by atoms with Gasteiger partial charge in [-0.15, -0.1) is 0 Å². The quantitative estimate of drug-likeness (QED) is 0.112. The van der Waals surface area contributed by atoms with Crippen molar-refractivity contribution < 1.29 is 19.1 Å². The Hall–Kier alpha value is -3.92. The summed E-state index contributed by atoms with van der Waals surface area (Å²) in [5.74, 6) is -0.703. The van der Waals surface area contributed by atoms with Crippen LogP contribution < -0.4 is 0 Å². The van der Waals surface area contributed by atoms with Crippen LogP contribution in [0, 0.1) is 0 Å². The maximum atomic E-state index is 11.1. The monoisotopic (exact) mass is 510 g/mol. The van der Waals surface area contributed by atoms with E-state index in [0.717, 1.165) is 51.4 Å². The van der Waals surface area contributed by atoms with Crippen molar-refractivity contribution in [1.29, 1.82) is 0 Å². The molecule has 0 amide bonds. The number of hydrogen-bond acceptors (Lipinski definition) is 4. The first-order chi connectivity index (χ1) is 18.6. The zero-order chi connectivity index (χ0) is 27.0. The first-order valence-corrected chi connectivity index (χ1v) is 13.5. The van der Waals surface area contributed by atoms with Gasteiger partial charge in [0.2, 0.25) is 0 Å². The van der Waals surface area contributed by atoms with E-state index >= 15 is 0 Å². The standard InChI is InChI=1S/C34H38O4/c1-3-33(35)37-24-9-5-7-12-27-16-20-29(21-17-27)31-14-11-15-32(26-31)30-22-18-28(19-23-30)13-8-6-10-25-38-34(36)4-2/h3-4,11,14-23,26H,1-2,5-10,12-13,24-25H2. The number of hydrogen-bond donors (Lipinski definition) is 0. The molecule has 0 unspecified atom stereocenters. The van der Waals surface area contributed by atoms with E-state index in [1.54, 1.807) is 0 Å². The van der Waals surface area contributed by atoms with Gasteiger partial charge in [-0.2, -0.15) is 0 Å². The van der Waals surface area contributed by atoms with E-state index in [1.807, 2.05) is 0 Å². The van der Waals surface area contributed by atoms with Crippen LogP contribution in [-0.2, 0) is 31.9 Å². The van der Waals surface area contributed by atoms with E-state index in [0.29, 0.717) is 13.2 Å². The van der Waals surface area contributed by atoms with Gasteiger partial charge in [-0.1, -0.05) is 79.9 Å². The molecule has 4 nitrogen and oxygen atoms in total. The first kappa shape index (κ1) is 28.6. The molecule has 0 atom stereocenters. The van der Waals surface area contributed by atoms with Gasteiger partial charge in [0.25, 0.3) is 0 Å². The molecular weight excluding hydrogens is 472 g/mol. The lowest BCUT2D eigenvalue weighted by molar-refractivity contribution is -0.138. The minimum atomic E-state index is -0.351. The molecule has 198 valence electrons. The molecule has 3 aromatic rings. The molecule has 0 saturated carbocycles. The molecule has 3 aromatic carbocycles. The number of benzene rings is 3. The van der Waals surface area contributed by atoms with E-state index in [9.17, 15) is 9.59 Å². The third-order valence-corrected chi connectivity index (χ3v) is 6.48. The van der Waals surface area contributed by atoms with Gasteiger partial charge in [-0.25, -0.2) is 9.59 Å². The summed E-state index contributed by atoms with van der Waals surface area (Å²) in [5.41, 5.74) is 7.48. The molecule has 3 rings (SSSR count). The van der Waals surface area contributed by atoms with Crippen LogP contribution in [0.5, 0.6) is 0 Å². The number of unbranched alkanes of at least 4 members (excludes halogenated alkanes) is 4. The summed E-state index contributed by atoms with van der Waals surface area (Å²) < 4.78 is 10.0. The molecule has 0 spiro atoms. The number of aryl methyl sites for hydroxylation is 2. The molecule has 0 fully saturated rings. The topological polar surface area (TPSA) is 52.6 Å². The minimum absolute atomic E-state index is 0.351. The van der Waals surface area contributed by atoms with Crippen LogP contribution in [0.4, 0.5) is 0 Å². The van der Waals surface area contributed by atoms with Crippen molar-refractivity contribution in [2.75, 3.05) is 13.2 Å². The summed E-state index contributed by atoms with van der Waals surface area (Å²) in [6.45, 7) is 7.72. The van der Waals surface area contributed by atoms with Crippen molar-refractivity contribution in [1.82, 2.24) is 0 Å². The molecular formula is C34H38O4. The molecule has 0 heterocycles. The predicted octanol–water partition coefficient (Wildman–Crippen LogP) is 7.90. The number of ether oxygens (including phenoxy) is 2. The van der Waals surface area contributed by atoms with Gasteiger partial charge in [0.15, 0.2) is 0 Å². The van der Waals surface area contributed by atoms with Gasteiger partial charge in [-0.05, 0) is 90.8 Å². The van der Waals surface area contributed by atoms with Crippen LogP contribution >= 0.6 is 0 Å². The fourth-order valence-electron chi connectivity index (χ4n) is 4.29. The minimum Gasteiger partial charge on any atom is -0.463 e. The molecule has 0 N–H and O–H groups in total. The van der Waals surface area contributed by atoms with Crippen molar-refractivity contribution in [3.8, 4) is 22.3 Å². The second-order valence-electron chi connectivity index (χ2n) is 9.34. The zero-order valence-corrected chi connectivity index (χ0v) is 22.2. The van der Waals surface area contributed by atoms with Crippen LogP contribution in [0.1, 0.15) is 49.7 Å². The van der Waals surface area contributed by atoms with E-state index in [-0.39, 0.29) is 11.9 Å². The second kappa shape index (κ2) is 16.0. The second-order valence-corrected chi connectivity index (χ2v) is 9.34.